The highest BCUT2D eigenvalue weighted by Gasteiger charge is 2.08. The van der Waals surface area contributed by atoms with E-state index in [0.29, 0.717) is 5.62 Å². The lowest BCUT2D eigenvalue weighted by molar-refractivity contribution is -0.117. The van der Waals surface area contributed by atoms with Crippen molar-refractivity contribution in [3.63, 3.8) is 0 Å². The summed E-state index contributed by atoms with van der Waals surface area (Å²) in [4.78, 5) is 11.1. The van der Waals surface area contributed by atoms with Gasteiger partial charge in [0.1, 0.15) is 5.78 Å². The van der Waals surface area contributed by atoms with E-state index in [1.807, 2.05) is 31.3 Å². The van der Waals surface area contributed by atoms with Crippen molar-refractivity contribution < 1.29 is 4.79 Å². The van der Waals surface area contributed by atoms with Crippen LogP contribution in [0, 0.1) is 5.41 Å². The minimum atomic E-state index is 0. The summed E-state index contributed by atoms with van der Waals surface area (Å²) < 4.78 is 3.50. The van der Waals surface area contributed by atoms with Crippen LogP contribution in [0.3, 0.4) is 0 Å². The van der Waals surface area contributed by atoms with Gasteiger partial charge in [0.05, 0.1) is 17.6 Å². The third-order valence-corrected chi connectivity index (χ3v) is 2.49. The molecule has 2 aromatic rings. The fourth-order valence-corrected chi connectivity index (χ4v) is 1.77. The maximum Gasteiger partial charge on any atom is 0.203 e. The van der Waals surface area contributed by atoms with Gasteiger partial charge >= 0.3 is 0 Å². The maximum absolute atomic E-state index is 11.1. The van der Waals surface area contributed by atoms with E-state index in [0.717, 1.165) is 11.0 Å². The van der Waals surface area contributed by atoms with Gasteiger partial charge in [0.2, 0.25) is 5.62 Å². The highest BCUT2D eigenvalue weighted by atomic mass is 79.9. The van der Waals surface area contributed by atoms with Crippen LogP contribution in [0.4, 0.5) is 0 Å². The number of nitrogens with zero attached hydrogens (tertiary/aromatic N) is 2. The van der Waals surface area contributed by atoms with Crippen LogP contribution in [0.5, 0.6) is 0 Å². The molecule has 0 unspecified atom stereocenters. The van der Waals surface area contributed by atoms with E-state index >= 15 is 0 Å². The van der Waals surface area contributed by atoms with E-state index < -0.39 is 0 Å². The van der Waals surface area contributed by atoms with Gasteiger partial charge in [0, 0.05) is 7.05 Å². The molecule has 0 saturated carbocycles. The Morgan fingerprint density at radius 2 is 1.88 bits per heavy atom. The molecule has 1 N–H and O–H groups in total. The van der Waals surface area contributed by atoms with Crippen LogP contribution in [0.2, 0.25) is 0 Å². The predicted molar refractivity (Wildman–Crippen MR) is 67.8 cm³/mol. The number of hydrogen-bond donors (Lipinski definition) is 1. The standard InChI is InChI=1S/C11H13N3O.BrH/c1-8(15)7-14-10-6-4-3-5-9(10)13(2)11(14)12;/h3-6,12H,7H2,1-2H3;1H. The maximum atomic E-state index is 11.1. The van der Waals surface area contributed by atoms with Crippen LogP contribution in [0.25, 0.3) is 11.0 Å². The molecular weight excluding hydrogens is 270 g/mol. The number of benzene rings is 1. The Morgan fingerprint density at radius 1 is 1.31 bits per heavy atom. The van der Waals surface area contributed by atoms with Crippen molar-refractivity contribution in [2.75, 3.05) is 0 Å². The van der Waals surface area contributed by atoms with Crippen molar-refractivity contribution in [3.8, 4) is 0 Å². The Labute approximate surface area is 104 Å². The lowest BCUT2D eigenvalue weighted by atomic mass is 10.3. The van der Waals surface area contributed by atoms with E-state index in [1.165, 1.54) is 6.92 Å². The Bertz CT molecular complexity index is 582. The van der Waals surface area contributed by atoms with Crippen molar-refractivity contribution in [2.45, 2.75) is 13.5 Å². The van der Waals surface area contributed by atoms with Crippen LogP contribution in [0.1, 0.15) is 6.92 Å². The molecule has 1 aromatic heterocycles. The lowest BCUT2D eigenvalue weighted by Gasteiger charge is -1.99. The van der Waals surface area contributed by atoms with Crippen LogP contribution in [-0.2, 0) is 18.4 Å². The number of fused-ring (bicyclic) bond motifs is 1. The molecule has 0 saturated heterocycles. The second-order valence-corrected chi connectivity index (χ2v) is 3.66. The zero-order valence-electron chi connectivity index (χ0n) is 9.23. The zero-order chi connectivity index (χ0) is 11.0. The SMILES string of the molecule is Br.CC(=O)Cn1c(=N)n(C)c2ccccc21. The van der Waals surface area contributed by atoms with Crippen LogP contribution in [0.15, 0.2) is 24.3 Å². The van der Waals surface area contributed by atoms with E-state index in [1.54, 1.807) is 9.13 Å². The second-order valence-electron chi connectivity index (χ2n) is 3.66. The monoisotopic (exact) mass is 283 g/mol. The van der Waals surface area contributed by atoms with Crippen molar-refractivity contribution >= 4 is 33.8 Å². The topological polar surface area (TPSA) is 50.8 Å². The molecule has 0 bridgehead atoms. The molecule has 0 fully saturated rings. The molecule has 86 valence electrons. The van der Waals surface area contributed by atoms with E-state index in [9.17, 15) is 4.79 Å². The Balaban J connectivity index is 0.00000128. The number of carbonyl (C=O) groups is 1. The predicted octanol–water partition coefficient (Wildman–Crippen LogP) is 1.63. The minimum absolute atomic E-state index is 0. The number of ketones is 1. The molecule has 0 amide bonds. The minimum Gasteiger partial charge on any atom is -0.313 e. The molecule has 1 aromatic carbocycles. The number of Topliss-reactive ketones (excluding diaryl/α,β-unsaturated/α-hetero) is 1. The highest BCUT2D eigenvalue weighted by molar-refractivity contribution is 8.93. The molecule has 1 heterocycles. The Morgan fingerprint density at radius 3 is 2.44 bits per heavy atom. The molecule has 2 rings (SSSR count). The number of para-hydroxylation sites is 2. The smallest absolute Gasteiger partial charge is 0.203 e. The molecule has 0 aliphatic rings. The normalized spacial score (nSPS) is 10.1. The number of nitrogens with one attached hydrogen (secondary N) is 1. The number of aromatic nitrogens is 2. The largest absolute Gasteiger partial charge is 0.313 e. The molecule has 0 spiro atoms. The van der Waals surface area contributed by atoms with Gasteiger partial charge in [-0.1, -0.05) is 12.1 Å². The number of halogens is 1. The molecule has 0 aliphatic heterocycles. The van der Waals surface area contributed by atoms with Gasteiger partial charge in [-0.25, -0.2) is 0 Å². The van der Waals surface area contributed by atoms with Gasteiger partial charge in [-0.3, -0.25) is 10.2 Å². The summed E-state index contributed by atoms with van der Waals surface area (Å²) in [6, 6.07) is 7.72. The van der Waals surface area contributed by atoms with Gasteiger partial charge in [-0.15, -0.1) is 17.0 Å². The van der Waals surface area contributed by atoms with Gasteiger partial charge in [0.25, 0.3) is 0 Å². The van der Waals surface area contributed by atoms with E-state index in [-0.39, 0.29) is 29.3 Å². The zero-order valence-corrected chi connectivity index (χ0v) is 10.9. The van der Waals surface area contributed by atoms with Gasteiger partial charge in [-0.05, 0) is 19.1 Å². The number of rotatable bonds is 2. The lowest BCUT2D eigenvalue weighted by Crippen LogP contribution is -2.24. The van der Waals surface area contributed by atoms with Crippen LogP contribution in [-0.4, -0.2) is 14.9 Å². The quantitative estimate of drug-likeness (QED) is 0.895. The first-order chi connectivity index (χ1) is 7.11. The Hall–Kier alpha value is -1.36. The summed E-state index contributed by atoms with van der Waals surface area (Å²) in [7, 11) is 1.83. The van der Waals surface area contributed by atoms with Gasteiger partial charge in [0.15, 0.2) is 0 Å². The van der Waals surface area contributed by atoms with Crippen molar-refractivity contribution in [2.24, 2.45) is 7.05 Å². The number of carbonyl (C=O) groups excluding carboxylic acids is 1. The summed E-state index contributed by atoms with van der Waals surface area (Å²) in [5.41, 5.74) is 2.26. The summed E-state index contributed by atoms with van der Waals surface area (Å²) in [6.45, 7) is 1.80. The number of imidazole rings is 1. The Kier molecular flexibility index (Phi) is 3.70. The van der Waals surface area contributed by atoms with E-state index in [2.05, 4.69) is 0 Å². The molecular formula is C11H14BrN3O. The van der Waals surface area contributed by atoms with Crippen molar-refractivity contribution in [1.82, 2.24) is 9.13 Å². The molecule has 5 heteroatoms. The van der Waals surface area contributed by atoms with Gasteiger partial charge < -0.3 is 9.13 Å². The molecule has 4 nitrogen and oxygen atoms in total. The fraction of sp³-hybridized carbons (Fsp3) is 0.273. The fourth-order valence-electron chi connectivity index (χ4n) is 1.77. The van der Waals surface area contributed by atoms with Crippen molar-refractivity contribution in [1.29, 1.82) is 5.41 Å². The second kappa shape index (κ2) is 4.65. The molecule has 0 atom stereocenters. The van der Waals surface area contributed by atoms with E-state index in [4.69, 9.17) is 5.41 Å². The first-order valence-electron chi connectivity index (χ1n) is 4.79. The summed E-state index contributed by atoms with van der Waals surface area (Å²) >= 11 is 0. The third-order valence-electron chi connectivity index (χ3n) is 2.49. The highest BCUT2D eigenvalue weighted by Crippen LogP contribution is 2.10. The van der Waals surface area contributed by atoms with Gasteiger partial charge in [-0.2, -0.15) is 0 Å². The summed E-state index contributed by atoms with van der Waals surface area (Å²) in [5, 5.41) is 7.89. The molecule has 16 heavy (non-hydrogen) atoms. The molecule has 0 radical (unpaired) electrons. The first-order valence-corrected chi connectivity index (χ1v) is 4.79. The number of aryl methyl sites for hydroxylation is 1. The average Bonchev–Trinajstić information content (AvgIpc) is 2.44. The molecule has 0 aliphatic carbocycles. The summed E-state index contributed by atoms with van der Waals surface area (Å²) in [6.07, 6.45) is 0. The van der Waals surface area contributed by atoms with Crippen LogP contribution >= 0.6 is 17.0 Å². The van der Waals surface area contributed by atoms with Crippen molar-refractivity contribution in [3.05, 3.63) is 29.9 Å². The average molecular weight is 284 g/mol. The first kappa shape index (κ1) is 12.7. The third kappa shape index (κ3) is 1.95. The van der Waals surface area contributed by atoms with Crippen LogP contribution < -0.4 is 5.62 Å². The number of hydrogen-bond acceptors (Lipinski definition) is 2. The summed E-state index contributed by atoms with van der Waals surface area (Å²) in [5.74, 6) is 0.0600.